The summed E-state index contributed by atoms with van der Waals surface area (Å²) in [5, 5.41) is 4.16. The Morgan fingerprint density at radius 1 is 1.56 bits per heavy atom. The minimum Gasteiger partial charge on any atom is -0.370 e. The van der Waals surface area contributed by atoms with E-state index < -0.39 is 0 Å². The van der Waals surface area contributed by atoms with Crippen LogP contribution in [0.2, 0.25) is 0 Å². The summed E-state index contributed by atoms with van der Waals surface area (Å²) in [5.74, 6) is 1.59. The number of rotatable bonds is 6. The van der Waals surface area contributed by atoms with E-state index in [0.29, 0.717) is 18.6 Å². The SMILES string of the molecule is CCCn1ncnc1COC1CC(CN)C1. The van der Waals surface area contributed by atoms with Crippen molar-refractivity contribution in [1.82, 2.24) is 14.8 Å². The molecule has 2 rings (SSSR count). The molecule has 1 aliphatic rings. The average molecular weight is 224 g/mol. The zero-order valence-electron chi connectivity index (χ0n) is 9.80. The van der Waals surface area contributed by atoms with Gasteiger partial charge in [0, 0.05) is 6.54 Å². The van der Waals surface area contributed by atoms with Gasteiger partial charge in [-0.1, -0.05) is 6.92 Å². The molecule has 0 saturated heterocycles. The Morgan fingerprint density at radius 3 is 3.06 bits per heavy atom. The van der Waals surface area contributed by atoms with Gasteiger partial charge in [-0.25, -0.2) is 9.67 Å². The Morgan fingerprint density at radius 2 is 2.38 bits per heavy atom. The Bertz CT molecular complexity index is 320. The molecular formula is C11H20N4O. The summed E-state index contributed by atoms with van der Waals surface area (Å²) in [7, 11) is 0. The Balaban J connectivity index is 1.75. The van der Waals surface area contributed by atoms with Crippen LogP contribution in [0.1, 0.15) is 32.0 Å². The smallest absolute Gasteiger partial charge is 0.152 e. The molecule has 0 amide bonds. The number of hydrogen-bond donors (Lipinski definition) is 1. The van der Waals surface area contributed by atoms with Gasteiger partial charge in [0.1, 0.15) is 12.9 Å². The summed E-state index contributed by atoms with van der Waals surface area (Å²) in [6.07, 6.45) is 5.23. The Labute approximate surface area is 96.0 Å². The highest BCUT2D eigenvalue weighted by atomic mass is 16.5. The van der Waals surface area contributed by atoms with Crippen LogP contribution >= 0.6 is 0 Å². The molecule has 0 spiro atoms. The van der Waals surface area contributed by atoms with Crippen LogP contribution in [0.5, 0.6) is 0 Å². The van der Waals surface area contributed by atoms with Crippen molar-refractivity contribution in [2.24, 2.45) is 11.7 Å². The monoisotopic (exact) mass is 224 g/mol. The van der Waals surface area contributed by atoms with Crippen molar-refractivity contribution in [3.63, 3.8) is 0 Å². The van der Waals surface area contributed by atoms with Crippen molar-refractivity contribution in [1.29, 1.82) is 0 Å². The molecule has 1 aromatic heterocycles. The van der Waals surface area contributed by atoms with Gasteiger partial charge in [0.15, 0.2) is 5.82 Å². The fourth-order valence-corrected chi connectivity index (χ4v) is 1.99. The highest BCUT2D eigenvalue weighted by Gasteiger charge is 2.28. The van der Waals surface area contributed by atoms with E-state index >= 15 is 0 Å². The highest BCUT2D eigenvalue weighted by Crippen LogP contribution is 2.29. The van der Waals surface area contributed by atoms with Crippen LogP contribution in [0.3, 0.4) is 0 Å². The summed E-state index contributed by atoms with van der Waals surface area (Å²) in [6.45, 7) is 4.40. The van der Waals surface area contributed by atoms with Gasteiger partial charge >= 0.3 is 0 Å². The third-order valence-corrected chi connectivity index (χ3v) is 3.11. The van der Waals surface area contributed by atoms with Crippen LogP contribution < -0.4 is 5.73 Å². The van der Waals surface area contributed by atoms with Crippen molar-refractivity contribution in [2.45, 2.75) is 45.4 Å². The molecular weight excluding hydrogens is 204 g/mol. The molecule has 0 aliphatic heterocycles. The summed E-state index contributed by atoms with van der Waals surface area (Å²) in [4.78, 5) is 4.21. The third kappa shape index (κ3) is 2.59. The summed E-state index contributed by atoms with van der Waals surface area (Å²) >= 11 is 0. The largest absolute Gasteiger partial charge is 0.370 e. The normalized spacial score (nSPS) is 24.4. The zero-order chi connectivity index (χ0) is 11.4. The summed E-state index contributed by atoms with van der Waals surface area (Å²) in [6, 6.07) is 0. The lowest BCUT2D eigenvalue weighted by atomic mass is 9.82. The van der Waals surface area contributed by atoms with Gasteiger partial charge in [-0.05, 0) is 31.7 Å². The molecule has 1 aliphatic carbocycles. The van der Waals surface area contributed by atoms with E-state index in [4.69, 9.17) is 10.5 Å². The first-order valence-electron chi connectivity index (χ1n) is 6.01. The highest BCUT2D eigenvalue weighted by molar-refractivity contribution is 4.85. The molecule has 1 saturated carbocycles. The summed E-state index contributed by atoms with van der Waals surface area (Å²) in [5.41, 5.74) is 5.57. The van der Waals surface area contributed by atoms with Crippen molar-refractivity contribution < 1.29 is 4.74 Å². The average Bonchev–Trinajstić information content (AvgIpc) is 2.64. The van der Waals surface area contributed by atoms with Gasteiger partial charge in [0.2, 0.25) is 0 Å². The molecule has 1 aromatic rings. The number of aryl methyl sites for hydroxylation is 1. The lowest BCUT2D eigenvalue weighted by Gasteiger charge is -2.34. The van der Waals surface area contributed by atoms with E-state index in [1.807, 2.05) is 4.68 Å². The molecule has 0 aromatic carbocycles. The van der Waals surface area contributed by atoms with Gasteiger partial charge in [0.05, 0.1) is 6.10 Å². The van der Waals surface area contributed by atoms with Gasteiger partial charge in [0.25, 0.3) is 0 Å². The molecule has 2 N–H and O–H groups in total. The molecule has 0 unspecified atom stereocenters. The minimum absolute atomic E-state index is 0.375. The fourth-order valence-electron chi connectivity index (χ4n) is 1.99. The predicted molar refractivity (Wildman–Crippen MR) is 60.7 cm³/mol. The fraction of sp³-hybridized carbons (Fsp3) is 0.818. The van der Waals surface area contributed by atoms with Crippen LogP contribution in [0.15, 0.2) is 6.33 Å². The zero-order valence-corrected chi connectivity index (χ0v) is 9.80. The first-order chi connectivity index (χ1) is 7.83. The van der Waals surface area contributed by atoms with Crippen molar-refractivity contribution >= 4 is 0 Å². The molecule has 1 fully saturated rings. The first-order valence-corrected chi connectivity index (χ1v) is 6.01. The second kappa shape index (κ2) is 5.41. The molecule has 0 atom stereocenters. The van der Waals surface area contributed by atoms with Gasteiger partial charge in [-0.15, -0.1) is 0 Å². The lowest BCUT2D eigenvalue weighted by Crippen LogP contribution is -2.35. The van der Waals surface area contributed by atoms with Crippen molar-refractivity contribution in [3.05, 3.63) is 12.2 Å². The maximum Gasteiger partial charge on any atom is 0.152 e. The number of ether oxygens (including phenoxy) is 1. The van der Waals surface area contributed by atoms with Crippen LogP contribution in [0.25, 0.3) is 0 Å². The quantitative estimate of drug-likeness (QED) is 0.781. The minimum atomic E-state index is 0.375. The van der Waals surface area contributed by atoms with E-state index in [9.17, 15) is 0 Å². The van der Waals surface area contributed by atoms with Crippen LogP contribution in [-0.4, -0.2) is 27.4 Å². The number of hydrogen-bond acceptors (Lipinski definition) is 4. The third-order valence-electron chi connectivity index (χ3n) is 3.11. The van der Waals surface area contributed by atoms with Crippen LogP contribution in [0, 0.1) is 5.92 Å². The standard InChI is InChI=1S/C11H20N4O/c1-2-3-15-11(13-8-14-15)7-16-10-4-9(5-10)6-12/h8-10H,2-7,12H2,1H3. The maximum atomic E-state index is 5.76. The first kappa shape index (κ1) is 11.5. The second-order valence-corrected chi connectivity index (χ2v) is 4.41. The molecule has 5 nitrogen and oxygen atoms in total. The Hall–Kier alpha value is -0.940. The number of nitrogens with zero attached hydrogens (tertiary/aromatic N) is 3. The van der Waals surface area contributed by atoms with E-state index in [0.717, 1.165) is 38.2 Å². The Kier molecular flexibility index (Phi) is 3.90. The molecule has 90 valence electrons. The second-order valence-electron chi connectivity index (χ2n) is 4.41. The summed E-state index contributed by atoms with van der Waals surface area (Å²) < 4.78 is 7.68. The van der Waals surface area contributed by atoms with E-state index in [1.54, 1.807) is 6.33 Å². The predicted octanol–water partition coefficient (Wildman–Crippen LogP) is 0.942. The molecule has 1 heterocycles. The van der Waals surface area contributed by atoms with E-state index in [-0.39, 0.29) is 0 Å². The molecule has 16 heavy (non-hydrogen) atoms. The molecule has 0 bridgehead atoms. The number of nitrogens with two attached hydrogens (primary N) is 1. The van der Waals surface area contributed by atoms with Crippen molar-refractivity contribution in [3.8, 4) is 0 Å². The van der Waals surface area contributed by atoms with Crippen LogP contribution in [-0.2, 0) is 17.9 Å². The van der Waals surface area contributed by atoms with Gasteiger partial charge in [-0.3, -0.25) is 0 Å². The number of aromatic nitrogens is 3. The molecule has 5 heteroatoms. The van der Waals surface area contributed by atoms with Gasteiger partial charge < -0.3 is 10.5 Å². The van der Waals surface area contributed by atoms with E-state index in [2.05, 4.69) is 17.0 Å². The van der Waals surface area contributed by atoms with Crippen LogP contribution in [0.4, 0.5) is 0 Å². The van der Waals surface area contributed by atoms with Gasteiger partial charge in [-0.2, -0.15) is 5.10 Å². The molecule has 0 radical (unpaired) electrons. The van der Waals surface area contributed by atoms with E-state index in [1.165, 1.54) is 0 Å². The lowest BCUT2D eigenvalue weighted by molar-refractivity contribution is -0.0411. The topological polar surface area (TPSA) is 66.0 Å². The maximum absolute atomic E-state index is 5.76. The van der Waals surface area contributed by atoms with Crippen molar-refractivity contribution in [2.75, 3.05) is 6.54 Å².